The van der Waals surface area contributed by atoms with Crippen molar-refractivity contribution in [3.8, 4) is 0 Å². The number of oxime groups is 1. The van der Waals surface area contributed by atoms with Crippen molar-refractivity contribution in [3.05, 3.63) is 35.4 Å². The zero-order valence-electron chi connectivity index (χ0n) is 11.8. The van der Waals surface area contributed by atoms with E-state index in [1.165, 1.54) is 6.42 Å². The summed E-state index contributed by atoms with van der Waals surface area (Å²) in [6, 6.07) is 7.70. The fourth-order valence-corrected chi connectivity index (χ4v) is 1.81. The van der Waals surface area contributed by atoms with E-state index in [4.69, 9.17) is 10.9 Å². The van der Waals surface area contributed by atoms with Crippen LogP contribution in [-0.2, 0) is 6.54 Å². The van der Waals surface area contributed by atoms with E-state index in [1.807, 2.05) is 24.3 Å². The van der Waals surface area contributed by atoms with Crippen LogP contribution in [-0.4, -0.2) is 43.1 Å². The lowest BCUT2D eigenvalue weighted by Gasteiger charge is -2.09. The quantitative estimate of drug-likeness (QED) is 0.217. The Morgan fingerprint density at radius 3 is 2.84 bits per heavy atom. The van der Waals surface area contributed by atoms with Crippen LogP contribution in [0.3, 0.4) is 0 Å². The lowest BCUT2D eigenvalue weighted by atomic mass is 10.1. The maximum Gasteiger partial charge on any atom is 0.170 e. The van der Waals surface area contributed by atoms with Crippen LogP contribution in [0.25, 0.3) is 0 Å². The van der Waals surface area contributed by atoms with Crippen LogP contribution >= 0.6 is 0 Å². The summed E-state index contributed by atoms with van der Waals surface area (Å²) in [4.78, 5) is 2.19. The van der Waals surface area contributed by atoms with Crippen LogP contribution in [0.2, 0.25) is 0 Å². The molecule has 4 N–H and O–H groups in total. The molecule has 0 heterocycles. The highest BCUT2D eigenvalue weighted by Crippen LogP contribution is 2.05. The molecule has 0 aliphatic rings. The van der Waals surface area contributed by atoms with Crippen molar-refractivity contribution >= 4 is 5.84 Å². The zero-order chi connectivity index (χ0) is 14.1. The van der Waals surface area contributed by atoms with E-state index >= 15 is 0 Å². The lowest BCUT2D eigenvalue weighted by molar-refractivity contribution is 0.318. The van der Waals surface area contributed by atoms with Gasteiger partial charge >= 0.3 is 0 Å². The van der Waals surface area contributed by atoms with Crippen LogP contribution in [0.1, 0.15) is 24.0 Å². The Bertz CT molecular complexity index is 404. The summed E-state index contributed by atoms with van der Waals surface area (Å²) in [6.07, 6.45) is 2.36. The molecule has 0 aromatic heterocycles. The molecule has 106 valence electrons. The van der Waals surface area contributed by atoms with Crippen molar-refractivity contribution in [1.82, 2.24) is 10.2 Å². The second-order valence-corrected chi connectivity index (χ2v) is 4.87. The molecule has 0 aliphatic heterocycles. The average molecular weight is 264 g/mol. The molecule has 1 rings (SSSR count). The third-order valence-electron chi connectivity index (χ3n) is 2.87. The number of amidine groups is 1. The van der Waals surface area contributed by atoms with Gasteiger partial charge in [-0.3, -0.25) is 0 Å². The van der Waals surface area contributed by atoms with E-state index in [2.05, 4.69) is 29.5 Å². The van der Waals surface area contributed by atoms with E-state index < -0.39 is 0 Å². The van der Waals surface area contributed by atoms with Gasteiger partial charge < -0.3 is 21.2 Å². The maximum atomic E-state index is 8.64. The first-order valence-electron chi connectivity index (χ1n) is 6.55. The Morgan fingerprint density at radius 1 is 1.37 bits per heavy atom. The third-order valence-corrected chi connectivity index (χ3v) is 2.87. The normalized spacial score (nSPS) is 12.1. The highest BCUT2D eigenvalue weighted by Gasteiger charge is 2.00. The first-order chi connectivity index (χ1) is 9.13. The highest BCUT2D eigenvalue weighted by atomic mass is 16.4. The number of unbranched alkanes of at least 4 members (excludes halogenated alkanes) is 1. The average Bonchev–Trinajstić information content (AvgIpc) is 2.41. The summed E-state index contributed by atoms with van der Waals surface area (Å²) in [5.41, 5.74) is 7.44. The van der Waals surface area contributed by atoms with Crippen LogP contribution in [0.15, 0.2) is 29.4 Å². The molecule has 5 nitrogen and oxygen atoms in total. The van der Waals surface area contributed by atoms with E-state index in [-0.39, 0.29) is 5.84 Å². The minimum atomic E-state index is 0.146. The van der Waals surface area contributed by atoms with Gasteiger partial charge in [-0.2, -0.15) is 0 Å². The first-order valence-corrected chi connectivity index (χ1v) is 6.55. The Balaban J connectivity index is 2.30. The summed E-state index contributed by atoms with van der Waals surface area (Å²) in [5.74, 6) is 0.146. The molecular formula is C14H24N4O. The van der Waals surface area contributed by atoms with Gasteiger partial charge in [-0.25, -0.2) is 0 Å². The van der Waals surface area contributed by atoms with Gasteiger partial charge in [0.25, 0.3) is 0 Å². The summed E-state index contributed by atoms with van der Waals surface area (Å²) < 4.78 is 0. The van der Waals surface area contributed by atoms with Gasteiger partial charge in [0.1, 0.15) is 0 Å². The molecule has 0 saturated carbocycles. The molecular weight excluding hydrogens is 240 g/mol. The topological polar surface area (TPSA) is 73.9 Å². The number of rotatable bonds is 8. The molecule has 0 radical (unpaired) electrons. The van der Waals surface area contributed by atoms with Crippen LogP contribution in [0.4, 0.5) is 0 Å². The van der Waals surface area contributed by atoms with Gasteiger partial charge in [0.05, 0.1) is 0 Å². The minimum Gasteiger partial charge on any atom is -0.409 e. The first kappa shape index (κ1) is 15.5. The molecule has 0 saturated heterocycles. The van der Waals surface area contributed by atoms with Crippen molar-refractivity contribution in [1.29, 1.82) is 0 Å². The van der Waals surface area contributed by atoms with Crippen molar-refractivity contribution in [2.24, 2.45) is 10.9 Å². The molecule has 5 heteroatoms. The predicted molar refractivity (Wildman–Crippen MR) is 78.4 cm³/mol. The van der Waals surface area contributed by atoms with Gasteiger partial charge in [-0.15, -0.1) is 0 Å². The maximum absolute atomic E-state index is 8.64. The third kappa shape index (κ3) is 6.22. The smallest absolute Gasteiger partial charge is 0.170 e. The summed E-state index contributed by atoms with van der Waals surface area (Å²) in [7, 11) is 4.18. The second-order valence-electron chi connectivity index (χ2n) is 4.87. The second kappa shape index (κ2) is 8.50. The van der Waals surface area contributed by atoms with Crippen molar-refractivity contribution in [2.75, 3.05) is 27.2 Å². The molecule has 0 fully saturated rings. The molecule has 1 aromatic carbocycles. The van der Waals surface area contributed by atoms with E-state index in [0.29, 0.717) is 0 Å². The van der Waals surface area contributed by atoms with E-state index in [9.17, 15) is 0 Å². The highest BCUT2D eigenvalue weighted by molar-refractivity contribution is 5.97. The number of benzene rings is 1. The molecule has 0 bridgehead atoms. The van der Waals surface area contributed by atoms with E-state index in [0.717, 1.165) is 37.2 Å². The fraction of sp³-hybridized carbons (Fsp3) is 0.500. The lowest BCUT2D eigenvalue weighted by Crippen LogP contribution is -2.18. The van der Waals surface area contributed by atoms with Gasteiger partial charge in [0.2, 0.25) is 0 Å². The molecule has 0 unspecified atom stereocenters. The predicted octanol–water partition coefficient (Wildman–Crippen LogP) is 1.21. The summed E-state index contributed by atoms with van der Waals surface area (Å²) >= 11 is 0. The monoisotopic (exact) mass is 264 g/mol. The van der Waals surface area contributed by atoms with Crippen molar-refractivity contribution in [3.63, 3.8) is 0 Å². The Morgan fingerprint density at radius 2 is 2.16 bits per heavy atom. The number of nitrogens with zero attached hydrogens (tertiary/aromatic N) is 2. The number of hydrogen-bond donors (Lipinski definition) is 3. The Kier molecular flexibility index (Phi) is 6.92. The molecule has 0 spiro atoms. The molecule has 19 heavy (non-hydrogen) atoms. The van der Waals surface area contributed by atoms with E-state index in [1.54, 1.807) is 0 Å². The Hall–Kier alpha value is -1.59. The largest absolute Gasteiger partial charge is 0.409 e. The van der Waals surface area contributed by atoms with Crippen LogP contribution in [0.5, 0.6) is 0 Å². The molecule has 0 atom stereocenters. The van der Waals surface area contributed by atoms with Gasteiger partial charge in [0.15, 0.2) is 5.84 Å². The van der Waals surface area contributed by atoms with Gasteiger partial charge in [-0.1, -0.05) is 23.4 Å². The zero-order valence-corrected chi connectivity index (χ0v) is 11.8. The van der Waals surface area contributed by atoms with Crippen molar-refractivity contribution < 1.29 is 5.21 Å². The molecule has 1 aromatic rings. The summed E-state index contributed by atoms with van der Waals surface area (Å²) in [6.45, 7) is 2.93. The number of nitrogens with two attached hydrogens (primary N) is 1. The number of nitrogens with one attached hydrogen (secondary N) is 1. The minimum absolute atomic E-state index is 0.146. The molecule has 0 amide bonds. The van der Waals surface area contributed by atoms with Gasteiger partial charge in [0, 0.05) is 12.1 Å². The fourth-order valence-electron chi connectivity index (χ4n) is 1.81. The Labute approximate surface area is 115 Å². The SMILES string of the molecule is CN(C)CCCCNCc1cccc(C(N)=NO)c1. The van der Waals surface area contributed by atoms with Crippen LogP contribution in [0, 0.1) is 0 Å². The van der Waals surface area contributed by atoms with Crippen molar-refractivity contribution in [2.45, 2.75) is 19.4 Å². The van der Waals surface area contributed by atoms with Crippen LogP contribution < -0.4 is 11.1 Å². The standard InChI is InChI=1S/C14H24N4O/c1-18(2)9-4-3-8-16-11-12-6-5-7-13(10-12)14(15)17-19/h5-7,10,16,19H,3-4,8-9,11H2,1-2H3,(H2,15,17). The summed E-state index contributed by atoms with van der Waals surface area (Å²) in [5, 5.41) is 15.0. The van der Waals surface area contributed by atoms with Gasteiger partial charge in [-0.05, 0) is 51.7 Å². The molecule has 0 aliphatic carbocycles. The number of hydrogen-bond acceptors (Lipinski definition) is 4.